The lowest BCUT2D eigenvalue weighted by Crippen LogP contribution is -2.69. The lowest BCUT2D eigenvalue weighted by Gasteiger charge is -2.55. The minimum atomic E-state index is -1.53. The third-order valence-corrected chi connectivity index (χ3v) is 7.09. The molecule has 6 unspecified atom stereocenters. The molecule has 170 valence electrons. The van der Waals surface area contributed by atoms with Gasteiger partial charge in [-0.3, -0.25) is 4.90 Å². The van der Waals surface area contributed by atoms with E-state index in [4.69, 9.17) is 4.74 Å². The summed E-state index contributed by atoms with van der Waals surface area (Å²) in [5, 5.41) is 23.4. The number of piperidine rings is 2. The van der Waals surface area contributed by atoms with Gasteiger partial charge in [0.25, 0.3) is 0 Å². The fourth-order valence-electron chi connectivity index (χ4n) is 6.04. The molecule has 2 amide bonds. The molecule has 0 spiro atoms. The van der Waals surface area contributed by atoms with Crippen LogP contribution in [0.25, 0.3) is 0 Å². The van der Waals surface area contributed by atoms with Crippen molar-refractivity contribution in [3.63, 3.8) is 0 Å². The number of para-hydroxylation sites is 1. The molecule has 3 N–H and O–H groups in total. The summed E-state index contributed by atoms with van der Waals surface area (Å²) >= 11 is 0. The summed E-state index contributed by atoms with van der Waals surface area (Å²) < 4.78 is 21.3. The van der Waals surface area contributed by atoms with E-state index in [1.807, 2.05) is 30.3 Å². The minimum Gasteiger partial charge on any atom is -0.465 e. The second-order valence-electron chi connectivity index (χ2n) is 8.73. The third-order valence-electron chi connectivity index (χ3n) is 7.09. The van der Waals surface area contributed by atoms with Crippen molar-refractivity contribution in [2.45, 2.75) is 69.1 Å². The van der Waals surface area contributed by atoms with E-state index in [1.54, 1.807) is 11.8 Å². The van der Waals surface area contributed by atoms with Crippen LogP contribution in [0.5, 0.6) is 0 Å². The number of hydrogen-bond donors (Lipinski definition) is 3. The van der Waals surface area contributed by atoms with Gasteiger partial charge in [-0.15, -0.1) is 0 Å². The van der Waals surface area contributed by atoms with Crippen LogP contribution in [0.2, 0.25) is 0 Å². The number of carbonyl (C=O) groups excluding carboxylic acids is 1. The Labute approximate surface area is 181 Å². The Hall–Kier alpha value is -2.55. The number of fused-ring (bicyclic) bond motifs is 2. The maximum Gasteiger partial charge on any atom is 0.408 e. The Bertz CT molecular complexity index is 812. The van der Waals surface area contributed by atoms with Gasteiger partial charge in [0.15, 0.2) is 6.30 Å². The van der Waals surface area contributed by atoms with Gasteiger partial charge in [0.2, 0.25) is 0 Å². The Morgan fingerprint density at radius 3 is 2.71 bits per heavy atom. The highest BCUT2D eigenvalue weighted by Gasteiger charge is 2.62. The van der Waals surface area contributed by atoms with Crippen molar-refractivity contribution in [2.24, 2.45) is 5.92 Å². The van der Waals surface area contributed by atoms with E-state index < -0.39 is 42.1 Å². The molecule has 0 saturated carbocycles. The highest BCUT2D eigenvalue weighted by Crippen LogP contribution is 2.52. The summed E-state index contributed by atoms with van der Waals surface area (Å²) in [5.74, 6) is -0.845. The molecule has 3 aliphatic rings. The summed E-state index contributed by atoms with van der Waals surface area (Å²) in [6, 6.07) is 8.21. The lowest BCUT2D eigenvalue weighted by molar-refractivity contribution is -0.0701. The Morgan fingerprint density at radius 2 is 2.03 bits per heavy atom. The van der Waals surface area contributed by atoms with Crippen molar-refractivity contribution in [2.75, 3.05) is 18.1 Å². The number of rotatable bonds is 4. The third kappa shape index (κ3) is 3.79. The Morgan fingerprint density at radius 1 is 1.29 bits per heavy atom. The van der Waals surface area contributed by atoms with Gasteiger partial charge >= 0.3 is 12.2 Å². The highest BCUT2D eigenvalue weighted by atomic mass is 19.1. The average Bonchev–Trinajstić information content (AvgIpc) is 2.98. The van der Waals surface area contributed by atoms with Crippen molar-refractivity contribution >= 4 is 17.9 Å². The number of ether oxygens (including phenoxy) is 1. The molecule has 0 aliphatic carbocycles. The second-order valence-corrected chi connectivity index (χ2v) is 8.73. The summed E-state index contributed by atoms with van der Waals surface area (Å²) in [6.07, 6.45) is -2.00. The Kier molecular flexibility index (Phi) is 5.96. The summed E-state index contributed by atoms with van der Waals surface area (Å²) in [5.41, 5.74) is -0.385. The van der Waals surface area contributed by atoms with Crippen molar-refractivity contribution in [1.82, 2.24) is 10.2 Å². The van der Waals surface area contributed by atoms with Crippen LogP contribution in [0.1, 0.15) is 39.0 Å². The standard InChI is InChI=1S/C22H30FN3O5/c1-2-31-20(28)24-17-9-11-25(14-6-4-3-5-7-14)19(23)18(17)22-10-8-15(12-16(27)13-22)26(22)21(29)30/h3-7,15-19,27H,2,8-13H2,1H3,(H,24,28)(H,29,30). The molecule has 3 heterocycles. The number of nitrogens with zero attached hydrogens (tertiary/aromatic N) is 2. The predicted octanol–water partition coefficient (Wildman–Crippen LogP) is 2.96. The Balaban J connectivity index is 1.74. The van der Waals surface area contributed by atoms with Gasteiger partial charge in [0.05, 0.1) is 24.2 Å². The fourth-order valence-corrected chi connectivity index (χ4v) is 6.04. The van der Waals surface area contributed by atoms with Crippen LogP contribution in [0.4, 0.5) is 19.7 Å². The van der Waals surface area contributed by atoms with Gasteiger partial charge in [-0.1, -0.05) is 18.2 Å². The highest BCUT2D eigenvalue weighted by molar-refractivity contribution is 5.69. The SMILES string of the molecule is CCOC(=O)NC1CCN(c2ccccc2)C(F)C1C12CCC(CC(O)C1)N2C(=O)O. The summed E-state index contributed by atoms with van der Waals surface area (Å²) in [6.45, 7) is 2.25. The molecular formula is C22H30FN3O5. The van der Waals surface area contributed by atoms with E-state index in [-0.39, 0.29) is 19.1 Å². The maximum absolute atomic E-state index is 16.3. The van der Waals surface area contributed by atoms with Gasteiger partial charge in [0, 0.05) is 24.3 Å². The molecule has 4 rings (SSSR count). The maximum atomic E-state index is 16.3. The van der Waals surface area contributed by atoms with E-state index in [9.17, 15) is 19.8 Å². The number of aliphatic hydroxyl groups is 1. The predicted molar refractivity (Wildman–Crippen MR) is 112 cm³/mol. The molecule has 3 saturated heterocycles. The van der Waals surface area contributed by atoms with Crippen molar-refractivity contribution < 1.29 is 28.9 Å². The van der Waals surface area contributed by atoms with Gasteiger partial charge in [-0.05, 0) is 51.2 Å². The zero-order chi connectivity index (χ0) is 22.2. The number of aliphatic hydroxyl groups excluding tert-OH is 1. The minimum absolute atomic E-state index is 0.157. The summed E-state index contributed by atoms with van der Waals surface area (Å²) in [7, 11) is 0. The van der Waals surface area contributed by atoms with Gasteiger partial charge in [0.1, 0.15) is 0 Å². The summed E-state index contributed by atoms with van der Waals surface area (Å²) in [4.78, 5) is 27.5. The number of benzene rings is 1. The number of nitrogens with one attached hydrogen (secondary N) is 1. The quantitative estimate of drug-likeness (QED) is 0.629. The molecule has 3 fully saturated rings. The van der Waals surface area contributed by atoms with Crippen molar-refractivity contribution in [3.8, 4) is 0 Å². The average molecular weight is 435 g/mol. The molecule has 31 heavy (non-hydrogen) atoms. The first-order chi connectivity index (χ1) is 14.9. The van der Waals surface area contributed by atoms with E-state index in [0.717, 1.165) is 0 Å². The van der Waals surface area contributed by atoms with Crippen LogP contribution in [-0.2, 0) is 4.74 Å². The number of halogens is 1. The first-order valence-corrected chi connectivity index (χ1v) is 11.0. The monoisotopic (exact) mass is 435 g/mol. The van der Waals surface area contributed by atoms with Gasteiger partial charge < -0.3 is 25.2 Å². The molecule has 2 bridgehead atoms. The molecule has 1 aromatic rings. The first kappa shape index (κ1) is 21.7. The number of anilines is 1. The number of hydrogen-bond acceptors (Lipinski definition) is 5. The van der Waals surface area contributed by atoms with E-state index in [1.165, 1.54) is 4.90 Å². The molecule has 3 aliphatic heterocycles. The van der Waals surface area contributed by atoms with E-state index in [2.05, 4.69) is 5.32 Å². The smallest absolute Gasteiger partial charge is 0.408 e. The van der Waals surface area contributed by atoms with Gasteiger partial charge in [-0.2, -0.15) is 0 Å². The number of carboxylic acid groups (broad SMARTS) is 1. The number of carbonyl (C=O) groups is 2. The number of amides is 2. The van der Waals surface area contributed by atoms with E-state index in [0.29, 0.717) is 37.9 Å². The van der Waals surface area contributed by atoms with Crippen LogP contribution in [-0.4, -0.2) is 70.5 Å². The van der Waals surface area contributed by atoms with Crippen LogP contribution in [0.3, 0.4) is 0 Å². The number of alkyl halides is 1. The largest absolute Gasteiger partial charge is 0.465 e. The topological polar surface area (TPSA) is 102 Å². The van der Waals surface area contributed by atoms with Crippen molar-refractivity contribution in [3.05, 3.63) is 30.3 Å². The molecule has 9 heteroatoms. The molecule has 8 nitrogen and oxygen atoms in total. The normalized spacial score (nSPS) is 35.0. The molecule has 0 radical (unpaired) electrons. The molecule has 0 aromatic heterocycles. The number of alkyl carbamates (subject to hydrolysis) is 1. The van der Waals surface area contributed by atoms with Gasteiger partial charge in [-0.25, -0.2) is 14.0 Å². The zero-order valence-corrected chi connectivity index (χ0v) is 17.6. The van der Waals surface area contributed by atoms with Crippen LogP contribution in [0.15, 0.2) is 30.3 Å². The fraction of sp³-hybridized carbons (Fsp3) is 0.636. The van der Waals surface area contributed by atoms with Crippen molar-refractivity contribution in [1.29, 1.82) is 0 Å². The van der Waals surface area contributed by atoms with E-state index >= 15 is 4.39 Å². The molecule has 6 atom stereocenters. The van der Waals surface area contributed by atoms with Crippen LogP contribution < -0.4 is 10.2 Å². The van der Waals surface area contributed by atoms with Crippen LogP contribution in [0, 0.1) is 5.92 Å². The first-order valence-electron chi connectivity index (χ1n) is 11.0. The zero-order valence-electron chi connectivity index (χ0n) is 17.6. The molecule has 1 aromatic carbocycles. The molecular weight excluding hydrogens is 405 g/mol. The second kappa shape index (κ2) is 8.53. The lowest BCUT2D eigenvalue weighted by atomic mass is 9.69. The van der Waals surface area contributed by atoms with Crippen LogP contribution >= 0.6 is 0 Å².